The Balaban J connectivity index is 1.94. The lowest BCUT2D eigenvalue weighted by atomic mass is 10.1. The number of piperazine rings is 1. The maximum absolute atomic E-state index is 13.7. The van der Waals surface area contributed by atoms with Crippen LogP contribution in [0.5, 0.6) is 0 Å². The van der Waals surface area contributed by atoms with Crippen molar-refractivity contribution in [1.82, 2.24) is 20.3 Å². The van der Waals surface area contributed by atoms with Crippen LogP contribution in [-0.2, 0) is 6.18 Å². The summed E-state index contributed by atoms with van der Waals surface area (Å²) in [5, 5.41) is 2.36. The molecule has 3 heterocycles. The number of fused-ring (bicyclic) bond motifs is 1. The maximum atomic E-state index is 13.7. The molecule has 1 fully saturated rings. The topological polar surface area (TPSA) is 88.1 Å². The summed E-state index contributed by atoms with van der Waals surface area (Å²) in [5.74, 6) is -0.926. The second-order valence-corrected chi connectivity index (χ2v) is 7.20. The molecule has 160 valence electrons. The maximum Gasteiger partial charge on any atom is 0.435 e. The number of aromatic nitrogens is 3. The van der Waals surface area contributed by atoms with E-state index in [9.17, 15) is 22.8 Å². The number of carbonyl (C=O) groups excluding carboxylic acids is 2. The fourth-order valence-corrected chi connectivity index (χ4v) is 3.56. The first-order valence-corrected chi connectivity index (χ1v) is 9.66. The predicted octanol–water partition coefficient (Wildman–Crippen LogP) is 3.06. The van der Waals surface area contributed by atoms with Crippen LogP contribution < -0.4 is 10.2 Å². The zero-order valence-corrected chi connectivity index (χ0v) is 16.7. The van der Waals surface area contributed by atoms with Crippen molar-refractivity contribution in [2.24, 2.45) is 0 Å². The van der Waals surface area contributed by atoms with Gasteiger partial charge in [-0.3, -0.25) is 14.6 Å². The number of anilines is 1. The van der Waals surface area contributed by atoms with E-state index >= 15 is 0 Å². The minimum atomic E-state index is -4.93. The van der Waals surface area contributed by atoms with Gasteiger partial charge in [0.1, 0.15) is 5.69 Å². The molecule has 3 aromatic rings. The first kappa shape index (κ1) is 21.1. The van der Waals surface area contributed by atoms with Gasteiger partial charge in [-0.25, -0.2) is 9.97 Å². The highest BCUT2D eigenvalue weighted by Gasteiger charge is 2.39. The average molecular weight is 450 g/mol. The van der Waals surface area contributed by atoms with E-state index in [2.05, 4.69) is 20.3 Å². The van der Waals surface area contributed by atoms with Crippen LogP contribution in [-0.4, -0.2) is 52.2 Å². The highest BCUT2D eigenvalue weighted by molar-refractivity contribution is 6.68. The second-order valence-electron chi connectivity index (χ2n) is 6.85. The molecule has 0 saturated carbocycles. The lowest BCUT2D eigenvalue weighted by Gasteiger charge is -2.30. The Bertz CT molecular complexity index is 1160. The average Bonchev–Trinajstić information content (AvgIpc) is 2.77. The van der Waals surface area contributed by atoms with Crippen molar-refractivity contribution in [3.05, 3.63) is 59.2 Å². The number of pyridine rings is 1. The number of ketones is 1. The molecule has 7 nitrogen and oxygen atoms in total. The molecule has 11 heteroatoms. The van der Waals surface area contributed by atoms with Gasteiger partial charge in [0.2, 0.25) is 5.78 Å². The van der Waals surface area contributed by atoms with Gasteiger partial charge < -0.3 is 10.2 Å². The van der Waals surface area contributed by atoms with Gasteiger partial charge in [-0.1, -0.05) is 0 Å². The van der Waals surface area contributed by atoms with Gasteiger partial charge in [-0.2, -0.15) is 13.2 Å². The van der Waals surface area contributed by atoms with Crippen LogP contribution in [0.4, 0.5) is 18.9 Å². The Morgan fingerprint density at radius 3 is 2.29 bits per heavy atom. The van der Waals surface area contributed by atoms with Gasteiger partial charge in [-0.15, -0.1) is 0 Å². The van der Waals surface area contributed by atoms with E-state index in [0.29, 0.717) is 31.9 Å². The van der Waals surface area contributed by atoms with E-state index in [1.54, 1.807) is 0 Å². The number of nitrogens with zero attached hydrogens (tertiary/aromatic N) is 4. The fraction of sp³-hybridized carbons (Fsp3) is 0.250. The molecule has 2 aromatic heterocycles. The molecule has 4 rings (SSSR count). The molecule has 1 aromatic carbocycles. The third-order valence-corrected chi connectivity index (χ3v) is 5.08. The van der Waals surface area contributed by atoms with Crippen molar-refractivity contribution < 1.29 is 22.8 Å². The summed E-state index contributed by atoms with van der Waals surface area (Å²) in [4.78, 5) is 38.1. The molecule has 1 N–H and O–H groups in total. The van der Waals surface area contributed by atoms with Crippen molar-refractivity contribution in [1.29, 1.82) is 0 Å². The normalized spacial score (nSPS) is 14.6. The van der Waals surface area contributed by atoms with Crippen LogP contribution in [0, 0.1) is 0 Å². The van der Waals surface area contributed by atoms with E-state index < -0.39 is 28.6 Å². The Labute approximate surface area is 179 Å². The molecule has 0 bridgehead atoms. The zero-order valence-electron chi connectivity index (χ0n) is 15.9. The summed E-state index contributed by atoms with van der Waals surface area (Å²) in [7, 11) is 0. The third-order valence-electron chi connectivity index (χ3n) is 4.88. The van der Waals surface area contributed by atoms with Crippen LogP contribution in [0.1, 0.15) is 32.1 Å². The Kier molecular flexibility index (Phi) is 5.59. The van der Waals surface area contributed by atoms with Gasteiger partial charge in [-0.05, 0) is 35.9 Å². The van der Waals surface area contributed by atoms with Crippen molar-refractivity contribution in [2.45, 2.75) is 6.18 Å². The largest absolute Gasteiger partial charge is 0.435 e. The lowest BCUT2D eigenvalue weighted by Crippen LogP contribution is -2.44. The number of alkyl halides is 3. The van der Waals surface area contributed by atoms with Crippen LogP contribution in [0.25, 0.3) is 11.0 Å². The molecule has 1 saturated heterocycles. The Morgan fingerprint density at radius 1 is 1.03 bits per heavy atom. The van der Waals surface area contributed by atoms with E-state index in [-0.39, 0.29) is 22.2 Å². The number of nitrogens with one attached hydrogen (secondary N) is 1. The highest BCUT2D eigenvalue weighted by atomic mass is 35.5. The smallest absolute Gasteiger partial charge is 0.368 e. The minimum absolute atomic E-state index is 0.00374. The first-order valence-electron chi connectivity index (χ1n) is 9.29. The molecule has 0 atom stereocenters. The number of carbonyl (C=O) groups is 2. The van der Waals surface area contributed by atoms with Crippen LogP contribution >= 0.6 is 11.6 Å². The van der Waals surface area contributed by atoms with Gasteiger partial charge in [0, 0.05) is 44.1 Å². The van der Waals surface area contributed by atoms with Crippen molar-refractivity contribution in [2.75, 3.05) is 31.1 Å². The van der Waals surface area contributed by atoms with Gasteiger partial charge in [0.05, 0.1) is 22.3 Å². The molecule has 0 amide bonds. The summed E-state index contributed by atoms with van der Waals surface area (Å²) < 4.78 is 41.1. The molecular formula is C20H15ClF3N5O2. The SMILES string of the molecule is O=C(Cl)c1cc2nc(C(F)(F)F)c(C(=O)c3ccncc3)nc2cc1N1CCNCC1. The van der Waals surface area contributed by atoms with E-state index in [0.717, 1.165) is 0 Å². The molecular weight excluding hydrogens is 435 g/mol. The number of hydrogen-bond acceptors (Lipinski definition) is 7. The van der Waals surface area contributed by atoms with Crippen molar-refractivity contribution in [3.63, 3.8) is 0 Å². The fourth-order valence-electron chi connectivity index (χ4n) is 3.41. The van der Waals surface area contributed by atoms with Gasteiger partial charge >= 0.3 is 6.18 Å². The lowest BCUT2D eigenvalue weighted by molar-refractivity contribution is -0.141. The molecule has 0 unspecified atom stereocenters. The summed E-state index contributed by atoms with van der Waals surface area (Å²) in [6, 6.07) is 5.24. The monoisotopic (exact) mass is 449 g/mol. The van der Waals surface area contributed by atoms with Crippen molar-refractivity contribution in [3.8, 4) is 0 Å². The number of halogens is 4. The van der Waals surface area contributed by atoms with Crippen LogP contribution in [0.15, 0.2) is 36.7 Å². The molecule has 0 aliphatic carbocycles. The van der Waals surface area contributed by atoms with E-state index in [4.69, 9.17) is 11.6 Å². The van der Waals surface area contributed by atoms with E-state index in [1.165, 1.54) is 36.7 Å². The predicted molar refractivity (Wildman–Crippen MR) is 107 cm³/mol. The number of hydrogen-bond donors (Lipinski definition) is 1. The quantitative estimate of drug-likeness (QED) is 0.483. The molecule has 31 heavy (non-hydrogen) atoms. The zero-order chi connectivity index (χ0) is 22.2. The minimum Gasteiger partial charge on any atom is -0.368 e. The third kappa shape index (κ3) is 4.21. The molecule has 1 aliphatic rings. The highest BCUT2D eigenvalue weighted by Crippen LogP contribution is 2.34. The Morgan fingerprint density at radius 2 is 1.68 bits per heavy atom. The molecule has 0 spiro atoms. The number of benzene rings is 1. The number of rotatable bonds is 4. The molecule has 0 radical (unpaired) electrons. The Hall–Kier alpha value is -3.11. The van der Waals surface area contributed by atoms with Crippen molar-refractivity contribution >= 4 is 39.3 Å². The van der Waals surface area contributed by atoms with Crippen LogP contribution in [0.2, 0.25) is 0 Å². The second kappa shape index (κ2) is 8.20. The molecule has 1 aliphatic heterocycles. The summed E-state index contributed by atoms with van der Waals surface area (Å²) in [6.07, 6.45) is -2.33. The summed E-state index contributed by atoms with van der Waals surface area (Å²) in [6.45, 7) is 2.47. The van der Waals surface area contributed by atoms with Gasteiger partial charge in [0.25, 0.3) is 5.24 Å². The standard InChI is InChI=1S/C20H15ClF3N5O2/c21-19(31)12-9-13-14(10-15(12)29-7-5-26-6-8-29)27-16(18(28-13)20(22,23)24)17(30)11-1-3-25-4-2-11/h1-4,9-10,26H,5-8H2. The van der Waals surface area contributed by atoms with Gasteiger partial charge in [0.15, 0.2) is 5.69 Å². The summed E-state index contributed by atoms with van der Waals surface area (Å²) in [5.41, 5.74) is -1.89. The van der Waals surface area contributed by atoms with Crippen LogP contribution in [0.3, 0.4) is 0 Å². The van der Waals surface area contributed by atoms with E-state index in [1.807, 2.05) is 4.90 Å². The summed E-state index contributed by atoms with van der Waals surface area (Å²) >= 11 is 5.71. The first-order chi connectivity index (χ1) is 14.8.